The lowest BCUT2D eigenvalue weighted by atomic mass is 10.1. The summed E-state index contributed by atoms with van der Waals surface area (Å²) in [6.45, 7) is 3.89. The Hall–Kier alpha value is -2.95. The lowest BCUT2D eigenvalue weighted by molar-refractivity contribution is 0.0956. The maximum atomic E-state index is 13.1. The van der Waals surface area contributed by atoms with E-state index in [-0.39, 0.29) is 11.8 Å². The second-order valence-corrected chi connectivity index (χ2v) is 4.54. The Morgan fingerprint density at radius 3 is 2.27 bits per heavy atom. The Labute approximate surface area is 127 Å². The number of rotatable bonds is 5. The number of nitrogens with one attached hydrogen (secondary N) is 2. The van der Waals surface area contributed by atoms with Gasteiger partial charge in [0.15, 0.2) is 0 Å². The van der Waals surface area contributed by atoms with Crippen LogP contribution in [0.5, 0.6) is 0 Å². The zero-order valence-electron chi connectivity index (χ0n) is 11.8. The zero-order valence-corrected chi connectivity index (χ0v) is 11.8. The van der Waals surface area contributed by atoms with E-state index in [2.05, 4.69) is 17.2 Å². The molecule has 0 heterocycles. The van der Waals surface area contributed by atoms with Gasteiger partial charge in [-0.1, -0.05) is 12.1 Å². The lowest BCUT2D eigenvalue weighted by Crippen LogP contribution is -2.23. The monoisotopic (exact) mass is 298 g/mol. The van der Waals surface area contributed by atoms with Crippen LogP contribution >= 0.6 is 0 Å². The molecule has 0 saturated carbocycles. The van der Waals surface area contributed by atoms with Crippen molar-refractivity contribution < 1.29 is 14.0 Å². The first-order valence-corrected chi connectivity index (χ1v) is 6.66. The molecule has 2 amide bonds. The first-order chi connectivity index (χ1) is 10.6. The molecule has 0 aliphatic heterocycles. The highest BCUT2D eigenvalue weighted by atomic mass is 19.1. The molecule has 0 saturated heterocycles. The van der Waals surface area contributed by atoms with Crippen LogP contribution in [0.3, 0.4) is 0 Å². The van der Waals surface area contributed by atoms with Gasteiger partial charge in [0.25, 0.3) is 11.8 Å². The highest BCUT2D eigenvalue weighted by Crippen LogP contribution is 2.12. The van der Waals surface area contributed by atoms with E-state index in [9.17, 15) is 14.0 Å². The molecule has 0 aliphatic carbocycles. The normalized spacial score (nSPS) is 9.86. The summed E-state index contributed by atoms with van der Waals surface area (Å²) < 4.78 is 13.1. The largest absolute Gasteiger partial charge is 0.349 e. The summed E-state index contributed by atoms with van der Waals surface area (Å²) in [5.74, 6) is -1.03. The molecule has 2 N–H and O–H groups in total. The summed E-state index contributed by atoms with van der Waals surface area (Å²) in [6, 6.07) is 11.8. The first-order valence-electron chi connectivity index (χ1n) is 6.66. The number of hydrogen-bond donors (Lipinski definition) is 2. The predicted octanol–water partition coefficient (Wildman–Crippen LogP) is 2.99. The summed E-state index contributed by atoms with van der Waals surface area (Å²) in [7, 11) is 0. The van der Waals surface area contributed by atoms with Gasteiger partial charge in [-0.05, 0) is 42.5 Å². The summed E-state index contributed by atoms with van der Waals surface area (Å²) in [5, 5.41) is 5.23. The number of benzene rings is 2. The maximum Gasteiger partial charge on any atom is 0.255 e. The molecule has 4 nitrogen and oxygen atoms in total. The molecule has 0 fully saturated rings. The Morgan fingerprint density at radius 1 is 1.05 bits per heavy atom. The Bertz CT molecular complexity index is 696. The quantitative estimate of drug-likeness (QED) is 0.834. The molecule has 2 rings (SSSR count). The smallest absolute Gasteiger partial charge is 0.255 e. The summed E-state index contributed by atoms with van der Waals surface area (Å²) in [6.07, 6.45) is 1.58. The molecule has 0 aliphatic rings. The second kappa shape index (κ2) is 7.17. The van der Waals surface area contributed by atoms with E-state index in [4.69, 9.17) is 0 Å². The van der Waals surface area contributed by atoms with Crippen molar-refractivity contribution in [2.75, 3.05) is 11.9 Å². The first kappa shape index (κ1) is 15.4. The molecule has 112 valence electrons. The number of halogens is 1. The van der Waals surface area contributed by atoms with Crippen molar-refractivity contribution in [1.82, 2.24) is 5.32 Å². The fraction of sp³-hybridized carbons (Fsp3) is 0.0588. The van der Waals surface area contributed by atoms with Gasteiger partial charge in [0.2, 0.25) is 0 Å². The summed E-state index contributed by atoms with van der Waals surface area (Å²) in [4.78, 5) is 23.7. The number of amides is 2. The number of carbonyl (C=O) groups is 2. The SMILES string of the molecule is C=CCNC(=O)c1ccc(C(=O)Nc2cccc(F)c2)cc1. The number of carbonyl (C=O) groups excluding carboxylic acids is 2. The van der Waals surface area contributed by atoms with Crippen LogP contribution in [0.1, 0.15) is 20.7 Å². The Balaban J connectivity index is 2.05. The van der Waals surface area contributed by atoms with Crippen molar-refractivity contribution in [3.63, 3.8) is 0 Å². The predicted molar refractivity (Wildman–Crippen MR) is 83.3 cm³/mol. The van der Waals surface area contributed by atoms with Crippen LogP contribution in [0.4, 0.5) is 10.1 Å². The topological polar surface area (TPSA) is 58.2 Å². The van der Waals surface area contributed by atoms with Crippen LogP contribution in [0.2, 0.25) is 0 Å². The molecular weight excluding hydrogens is 283 g/mol. The van der Waals surface area contributed by atoms with E-state index in [1.165, 1.54) is 30.3 Å². The molecule has 0 bridgehead atoms. The van der Waals surface area contributed by atoms with E-state index in [1.807, 2.05) is 0 Å². The van der Waals surface area contributed by atoms with Crippen LogP contribution in [0, 0.1) is 5.82 Å². The van der Waals surface area contributed by atoms with Crippen LogP contribution in [-0.2, 0) is 0 Å². The summed E-state index contributed by atoms with van der Waals surface area (Å²) in [5.41, 5.74) is 1.20. The van der Waals surface area contributed by atoms with Gasteiger partial charge >= 0.3 is 0 Å². The van der Waals surface area contributed by atoms with Crippen LogP contribution < -0.4 is 10.6 Å². The van der Waals surface area contributed by atoms with Crippen LogP contribution in [0.25, 0.3) is 0 Å². The van der Waals surface area contributed by atoms with Crippen molar-refractivity contribution >= 4 is 17.5 Å². The minimum Gasteiger partial charge on any atom is -0.349 e. The van der Waals surface area contributed by atoms with Crippen molar-refractivity contribution in [3.05, 3.63) is 78.1 Å². The third-order valence-electron chi connectivity index (χ3n) is 2.90. The highest BCUT2D eigenvalue weighted by molar-refractivity contribution is 6.05. The Kier molecular flexibility index (Phi) is 5.03. The lowest BCUT2D eigenvalue weighted by Gasteiger charge is -2.06. The van der Waals surface area contributed by atoms with E-state index in [0.29, 0.717) is 23.4 Å². The summed E-state index contributed by atoms with van der Waals surface area (Å²) >= 11 is 0. The molecule has 5 heteroatoms. The third-order valence-corrected chi connectivity index (χ3v) is 2.90. The van der Waals surface area contributed by atoms with Crippen LogP contribution in [-0.4, -0.2) is 18.4 Å². The van der Waals surface area contributed by atoms with Crippen molar-refractivity contribution in [2.45, 2.75) is 0 Å². The second-order valence-electron chi connectivity index (χ2n) is 4.54. The molecule has 0 aromatic heterocycles. The van der Waals surface area contributed by atoms with Gasteiger partial charge in [0.1, 0.15) is 5.82 Å². The van der Waals surface area contributed by atoms with Gasteiger partial charge in [-0.3, -0.25) is 9.59 Å². The molecule has 0 radical (unpaired) electrons. The van der Waals surface area contributed by atoms with Gasteiger partial charge in [-0.15, -0.1) is 6.58 Å². The van der Waals surface area contributed by atoms with E-state index in [0.717, 1.165) is 0 Å². The average molecular weight is 298 g/mol. The van der Waals surface area contributed by atoms with E-state index >= 15 is 0 Å². The average Bonchev–Trinajstić information content (AvgIpc) is 2.52. The standard InChI is InChI=1S/C17H15FN2O2/c1-2-10-19-16(21)12-6-8-13(9-7-12)17(22)20-15-5-3-4-14(18)11-15/h2-9,11H,1,10H2,(H,19,21)(H,20,22). The maximum absolute atomic E-state index is 13.1. The van der Waals surface area contributed by atoms with Gasteiger partial charge < -0.3 is 10.6 Å². The van der Waals surface area contributed by atoms with Gasteiger partial charge in [0.05, 0.1) is 0 Å². The zero-order chi connectivity index (χ0) is 15.9. The number of hydrogen-bond acceptors (Lipinski definition) is 2. The van der Waals surface area contributed by atoms with Gasteiger partial charge in [0, 0.05) is 23.4 Å². The van der Waals surface area contributed by atoms with Gasteiger partial charge in [-0.2, -0.15) is 0 Å². The van der Waals surface area contributed by atoms with Gasteiger partial charge in [-0.25, -0.2) is 4.39 Å². The third kappa shape index (κ3) is 4.02. The molecule has 0 spiro atoms. The fourth-order valence-electron chi connectivity index (χ4n) is 1.81. The minimum absolute atomic E-state index is 0.239. The van der Waals surface area contributed by atoms with E-state index in [1.54, 1.807) is 24.3 Å². The highest BCUT2D eigenvalue weighted by Gasteiger charge is 2.09. The van der Waals surface area contributed by atoms with Crippen molar-refractivity contribution in [2.24, 2.45) is 0 Å². The molecular formula is C17H15FN2O2. The van der Waals surface area contributed by atoms with E-state index < -0.39 is 5.82 Å². The minimum atomic E-state index is -0.424. The molecule has 22 heavy (non-hydrogen) atoms. The molecule has 0 atom stereocenters. The van der Waals surface area contributed by atoms with Crippen LogP contribution in [0.15, 0.2) is 61.2 Å². The van der Waals surface area contributed by atoms with Crippen molar-refractivity contribution in [1.29, 1.82) is 0 Å². The molecule has 0 unspecified atom stereocenters. The number of anilines is 1. The Morgan fingerprint density at radius 2 is 1.68 bits per heavy atom. The fourth-order valence-corrected chi connectivity index (χ4v) is 1.81. The molecule has 2 aromatic rings. The van der Waals surface area contributed by atoms with Crippen molar-refractivity contribution in [3.8, 4) is 0 Å². The molecule has 2 aromatic carbocycles.